The average Bonchev–Trinajstić information content (AvgIpc) is 2.39. The second kappa shape index (κ2) is 20.2. The normalized spacial score (nSPS) is 10.8. The van der Waals surface area contributed by atoms with Gasteiger partial charge in [0, 0.05) is 13.5 Å². The number of aliphatic hydroxyl groups excluding tert-OH is 1. The maximum atomic E-state index is 9.00. The van der Waals surface area contributed by atoms with Crippen LogP contribution in [0.15, 0.2) is 24.3 Å². The highest BCUT2D eigenvalue weighted by Crippen LogP contribution is 2.02. The minimum absolute atomic E-state index is 0.338. The molecule has 0 rings (SSSR count). The van der Waals surface area contributed by atoms with Gasteiger partial charge in [0.2, 0.25) is 0 Å². The molecule has 0 aromatic rings. The summed E-state index contributed by atoms with van der Waals surface area (Å²) in [6, 6.07) is 0. The van der Waals surface area contributed by atoms with Crippen molar-refractivity contribution < 1.29 is 15.0 Å². The quantitative estimate of drug-likeness (QED) is 0.426. The van der Waals surface area contributed by atoms with Gasteiger partial charge in [-0.1, -0.05) is 50.5 Å². The Bertz CT molecular complexity index is 241. The van der Waals surface area contributed by atoms with E-state index in [4.69, 9.17) is 15.0 Å². The number of carboxylic acids is 1. The Kier molecular flexibility index (Phi) is 21.5. The number of carboxylic acid groups (broad SMARTS) is 1. The van der Waals surface area contributed by atoms with Gasteiger partial charge in [-0.3, -0.25) is 4.79 Å². The summed E-state index contributed by atoms with van der Waals surface area (Å²) >= 11 is 0. The molecule has 0 aromatic heterocycles. The second-order valence-corrected chi connectivity index (χ2v) is 4.77. The van der Waals surface area contributed by atoms with Crippen LogP contribution in [0.5, 0.6) is 0 Å². The van der Waals surface area contributed by atoms with Crippen LogP contribution < -0.4 is 0 Å². The number of aliphatic carboxylic acids is 1. The van der Waals surface area contributed by atoms with Gasteiger partial charge >= 0.3 is 0 Å². The molecular weight excluding hydrogens is 252 g/mol. The third kappa shape index (κ3) is 30.2. The van der Waals surface area contributed by atoms with Gasteiger partial charge in [-0.15, -0.1) is 0 Å². The molecule has 0 aromatic carbocycles. The molecule has 0 radical (unpaired) electrons. The molecule has 0 unspecified atom stereocenters. The van der Waals surface area contributed by atoms with Crippen LogP contribution in [-0.2, 0) is 4.79 Å². The fourth-order valence-corrected chi connectivity index (χ4v) is 1.57. The van der Waals surface area contributed by atoms with Crippen LogP contribution in [0, 0.1) is 0 Å². The van der Waals surface area contributed by atoms with E-state index in [2.05, 4.69) is 31.2 Å². The summed E-state index contributed by atoms with van der Waals surface area (Å²) in [7, 11) is 0. The molecule has 0 aliphatic heterocycles. The number of unbranched alkanes of at least 4 members (excludes halogenated alkanes) is 6. The number of allylic oxidation sites excluding steroid dienone is 4. The third-order valence-corrected chi connectivity index (χ3v) is 2.61. The standard InChI is InChI=1S/C15H28O.C2H4O2/c1-2-3-4-5-6-7-8-9-10-11-12-13-14-15-16;1-2(3)4/h6-7,9-10,16H,2-5,8,11-15H2,1H3;1H3,(H,3,4)/b7-6-,10-9-;. The van der Waals surface area contributed by atoms with E-state index in [1.54, 1.807) is 0 Å². The van der Waals surface area contributed by atoms with Crippen LogP contribution in [-0.4, -0.2) is 22.8 Å². The van der Waals surface area contributed by atoms with E-state index >= 15 is 0 Å². The van der Waals surface area contributed by atoms with Crippen molar-refractivity contribution in [2.75, 3.05) is 6.61 Å². The maximum Gasteiger partial charge on any atom is 0.300 e. The molecule has 20 heavy (non-hydrogen) atoms. The first-order valence-electron chi connectivity index (χ1n) is 7.75. The number of carbonyl (C=O) groups is 1. The Morgan fingerprint density at radius 1 is 0.900 bits per heavy atom. The Labute approximate surface area is 124 Å². The van der Waals surface area contributed by atoms with Gasteiger partial charge in [0.05, 0.1) is 0 Å². The molecule has 0 aliphatic carbocycles. The smallest absolute Gasteiger partial charge is 0.300 e. The average molecular weight is 284 g/mol. The minimum atomic E-state index is -0.833. The van der Waals surface area contributed by atoms with Crippen molar-refractivity contribution in [3.8, 4) is 0 Å². The van der Waals surface area contributed by atoms with Gasteiger partial charge in [-0.2, -0.15) is 0 Å². The van der Waals surface area contributed by atoms with Crippen LogP contribution in [0.3, 0.4) is 0 Å². The van der Waals surface area contributed by atoms with Crippen molar-refractivity contribution in [3.05, 3.63) is 24.3 Å². The number of hydrogen-bond donors (Lipinski definition) is 2. The molecule has 0 spiro atoms. The maximum absolute atomic E-state index is 9.00. The molecule has 118 valence electrons. The van der Waals surface area contributed by atoms with Crippen LogP contribution in [0.25, 0.3) is 0 Å². The highest BCUT2D eigenvalue weighted by molar-refractivity contribution is 5.62. The number of rotatable bonds is 11. The van der Waals surface area contributed by atoms with Crippen molar-refractivity contribution in [1.29, 1.82) is 0 Å². The van der Waals surface area contributed by atoms with Crippen LogP contribution in [0.4, 0.5) is 0 Å². The second-order valence-electron chi connectivity index (χ2n) is 4.77. The monoisotopic (exact) mass is 284 g/mol. The zero-order valence-corrected chi connectivity index (χ0v) is 13.2. The number of aliphatic hydroxyl groups is 1. The molecule has 0 fully saturated rings. The minimum Gasteiger partial charge on any atom is -0.481 e. The number of hydrogen-bond acceptors (Lipinski definition) is 2. The fourth-order valence-electron chi connectivity index (χ4n) is 1.57. The Hall–Kier alpha value is -1.09. The Morgan fingerprint density at radius 2 is 1.40 bits per heavy atom. The topological polar surface area (TPSA) is 57.5 Å². The molecule has 0 saturated heterocycles. The molecule has 3 heteroatoms. The molecule has 0 aliphatic rings. The summed E-state index contributed by atoms with van der Waals surface area (Å²) in [6.07, 6.45) is 19.8. The summed E-state index contributed by atoms with van der Waals surface area (Å²) < 4.78 is 0. The van der Waals surface area contributed by atoms with Gasteiger partial charge in [-0.25, -0.2) is 0 Å². The molecule has 3 nitrogen and oxygen atoms in total. The molecule has 0 saturated carbocycles. The highest BCUT2D eigenvalue weighted by atomic mass is 16.4. The lowest BCUT2D eigenvalue weighted by molar-refractivity contribution is -0.134. The SMILES string of the molecule is CC(=O)O.CCCCC/C=C\C/C=C\CCCCCO. The van der Waals surface area contributed by atoms with E-state index in [0.29, 0.717) is 6.61 Å². The van der Waals surface area contributed by atoms with Crippen molar-refractivity contribution in [1.82, 2.24) is 0 Å². The first-order chi connectivity index (χ1) is 9.65. The highest BCUT2D eigenvalue weighted by Gasteiger charge is 1.84. The molecule has 2 N–H and O–H groups in total. The zero-order chi connectivity index (χ0) is 15.5. The van der Waals surface area contributed by atoms with Crippen LogP contribution >= 0.6 is 0 Å². The first-order valence-corrected chi connectivity index (χ1v) is 7.75. The van der Waals surface area contributed by atoms with E-state index in [1.165, 1.54) is 32.1 Å². The summed E-state index contributed by atoms with van der Waals surface area (Å²) in [5, 5.41) is 16.0. The molecule has 0 heterocycles. The van der Waals surface area contributed by atoms with E-state index < -0.39 is 5.97 Å². The van der Waals surface area contributed by atoms with Gasteiger partial charge < -0.3 is 10.2 Å². The van der Waals surface area contributed by atoms with E-state index in [-0.39, 0.29) is 0 Å². The first kappa shape index (κ1) is 21.2. The predicted molar refractivity (Wildman–Crippen MR) is 85.9 cm³/mol. The molecule has 0 atom stereocenters. The van der Waals surface area contributed by atoms with Gasteiger partial charge in [0.25, 0.3) is 5.97 Å². The van der Waals surface area contributed by atoms with E-state index in [9.17, 15) is 0 Å². The van der Waals surface area contributed by atoms with E-state index in [1.807, 2.05) is 0 Å². The fraction of sp³-hybridized carbons (Fsp3) is 0.706. The van der Waals surface area contributed by atoms with E-state index in [0.717, 1.165) is 32.6 Å². The Morgan fingerprint density at radius 3 is 1.85 bits per heavy atom. The summed E-state index contributed by atoms with van der Waals surface area (Å²) in [5.74, 6) is -0.833. The lowest BCUT2D eigenvalue weighted by Gasteiger charge is -1.93. The molecule has 0 bridgehead atoms. The van der Waals surface area contributed by atoms with Crippen LogP contribution in [0.2, 0.25) is 0 Å². The van der Waals surface area contributed by atoms with Crippen molar-refractivity contribution in [2.45, 2.75) is 71.6 Å². The van der Waals surface area contributed by atoms with Crippen LogP contribution in [0.1, 0.15) is 71.6 Å². The zero-order valence-electron chi connectivity index (χ0n) is 13.2. The molecule has 0 amide bonds. The summed E-state index contributed by atoms with van der Waals surface area (Å²) in [5.41, 5.74) is 0. The van der Waals surface area contributed by atoms with Gasteiger partial charge in [0.15, 0.2) is 0 Å². The lowest BCUT2D eigenvalue weighted by atomic mass is 10.1. The van der Waals surface area contributed by atoms with Crippen molar-refractivity contribution in [2.24, 2.45) is 0 Å². The van der Waals surface area contributed by atoms with Gasteiger partial charge in [0.1, 0.15) is 0 Å². The van der Waals surface area contributed by atoms with Crippen molar-refractivity contribution >= 4 is 5.97 Å². The van der Waals surface area contributed by atoms with Crippen molar-refractivity contribution in [3.63, 3.8) is 0 Å². The lowest BCUT2D eigenvalue weighted by Crippen LogP contribution is -1.81. The Balaban J connectivity index is 0. The molecular formula is C17H32O3. The third-order valence-electron chi connectivity index (χ3n) is 2.61. The van der Waals surface area contributed by atoms with Gasteiger partial charge in [-0.05, 0) is 38.5 Å². The predicted octanol–water partition coefficient (Wildman–Crippen LogP) is 4.71. The summed E-state index contributed by atoms with van der Waals surface area (Å²) in [6.45, 7) is 3.66. The largest absolute Gasteiger partial charge is 0.481 e. The summed E-state index contributed by atoms with van der Waals surface area (Å²) in [4.78, 5) is 9.00.